The third kappa shape index (κ3) is 5.18. The molecule has 0 radical (unpaired) electrons. The Balaban J connectivity index is 1.39. The van der Waals surface area contributed by atoms with Crippen molar-refractivity contribution >= 4 is 68.8 Å². The standard InChI is InChI=1S/C26H26N6O8S2/c1-11-5-6-31(21-14(11)7-12(2)39-21)8-13-9-41-22-17(20(34)32(22)18(13)23(35)36)29-19(33)16(15-10-42-25(27)28-15)30-40-26(3,4)24(37)38/h5-7,10,17,22H,8-9H2,1-4H3,(H4-,27,28,29,33,35,36,37,38)/p+1/t17?,22-/m0/s1. The number of oxime groups is 1. The molecule has 3 aromatic heterocycles. The molecule has 14 nitrogen and oxygen atoms in total. The number of rotatable bonds is 9. The molecule has 1 fully saturated rings. The molecule has 42 heavy (non-hydrogen) atoms. The van der Waals surface area contributed by atoms with Crippen molar-refractivity contribution in [3.8, 4) is 0 Å². The molecule has 16 heteroatoms. The molecule has 5 N–H and O–H groups in total. The number of amides is 2. The quantitative estimate of drug-likeness (QED) is 0.117. The second-order valence-electron chi connectivity index (χ2n) is 10.2. The number of anilines is 1. The number of aliphatic carboxylic acids is 2. The van der Waals surface area contributed by atoms with Crippen molar-refractivity contribution in [1.29, 1.82) is 0 Å². The molecule has 5 heterocycles. The van der Waals surface area contributed by atoms with Crippen LogP contribution < -0.4 is 15.6 Å². The van der Waals surface area contributed by atoms with Gasteiger partial charge in [-0.2, -0.15) is 4.57 Å². The summed E-state index contributed by atoms with van der Waals surface area (Å²) in [6, 6.07) is 2.75. The first kappa shape index (κ1) is 29.1. The van der Waals surface area contributed by atoms with Crippen LogP contribution in [0, 0.1) is 13.8 Å². The van der Waals surface area contributed by atoms with Gasteiger partial charge in [-0.15, -0.1) is 23.1 Å². The molecule has 2 amide bonds. The first-order chi connectivity index (χ1) is 19.8. The number of furan rings is 1. The summed E-state index contributed by atoms with van der Waals surface area (Å²) in [5.74, 6) is -3.07. The SMILES string of the molecule is Cc1cc2c(C)cc[n+](CC3=C(C(=O)O)N4C(=O)C(NC(=O)C(=NOC(C)(C)C(=O)O)c5csc(N)n5)[C@@H]4SC3)c2o1. The number of carboxylic acid groups (broad SMARTS) is 2. The van der Waals surface area contributed by atoms with Crippen LogP contribution >= 0.6 is 23.1 Å². The van der Waals surface area contributed by atoms with Gasteiger partial charge in [0, 0.05) is 22.8 Å². The summed E-state index contributed by atoms with van der Waals surface area (Å²) in [6.07, 6.45) is 1.81. The Labute approximate surface area is 246 Å². The molecule has 0 spiro atoms. The monoisotopic (exact) mass is 615 g/mol. The number of aromatic nitrogens is 2. The lowest BCUT2D eigenvalue weighted by molar-refractivity contribution is -0.669. The predicted octanol–water partition coefficient (Wildman–Crippen LogP) is 1.40. The van der Waals surface area contributed by atoms with Gasteiger partial charge < -0.3 is 30.5 Å². The van der Waals surface area contributed by atoms with E-state index in [4.69, 9.17) is 15.0 Å². The van der Waals surface area contributed by atoms with Crippen molar-refractivity contribution in [1.82, 2.24) is 15.2 Å². The van der Waals surface area contributed by atoms with Crippen molar-refractivity contribution in [3.05, 3.63) is 52.0 Å². The fraction of sp³-hybridized carbons (Fsp3) is 0.346. The first-order valence-corrected chi connectivity index (χ1v) is 14.5. The van der Waals surface area contributed by atoms with Crippen LogP contribution in [0.1, 0.15) is 30.9 Å². The van der Waals surface area contributed by atoms with Gasteiger partial charge >= 0.3 is 17.7 Å². The van der Waals surface area contributed by atoms with E-state index in [-0.39, 0.29) is 34.5 Å². The number of fused-ring (bicyclic) bond motifs is 2. The Morgan fingerprint density at radius 3 is 2.71 bits per heavy atom. The molecule has 0 bridgehead atoms. The van der Waals surface area contributed by atoms with Crippen molar-refractivity contribution < 1.29 is 43.2 Å². The van der Waals surface area contributed by atoms with Gasteiger partial charge in [0.2, 0.25) is 5.60 Å². The van der Waals surface area contributed by atoms with Gasteiger partial charge in [-0.3, -0.25) is 14.5 Å². The van der Waals surface area contributed by atoms with Gasteiger partial charge in [0.1, 0.15) is 28.6 Å². The van der Waals surface area contributed by atoms with Gasteiger partial charge in [-0.1, -0.05) is 5.16 Å². The molecule has 1 saturated heterocycles. The average molecular weight is 616 g/mol. The van der Waals surface area contributed by atoms with E-state index in [1.807, 2.05) is 32.2 Å². The number of nitrogen functional groups attached to an aromatic ring is 1. The highest BCUT2D eigenvalue weighted by Crippen LogP contribution is 2.40. The first-order valence-electron chi connectivity index (χ1n) is 12.6. The molecular weight excluding hydrogens is 588 g/mol. The molecular formula is C26H27N6O8S2+. The van der Waals surface area contributed by atoms with E-state index in [1.165, 1.54) is 31.0 Å². The molecule has 220 valence electrons. The van der Waals surface area contributed by atoms with Crippen LogP contribution in [0.25, 0.3) is 11.1 Å². The van der Waals surface area contributed by atoms with E-state index >= 15 is 0 Å². The third-order valence-corrected chi connectivity index (χ3v) is 8.80. The Morgan fingerprint density at radius 2 is 2.07 bits per heavy atom. The van der Waals surface area contributed by atoms with E-state index in [0.29, 0.717) is 11.3 Å². The topological polar surface area (TPSA) is 202 Å². The van der Waals surface area contributed by atoms with Gasteiger partial charge in [0.25, 0.3) is 11.8 Å². The van der Waals surface area contributed by atoms with E-state index in [0.717, 1.165) is 32.9 Å². The molecule has 0 aliphatic carbocycles. The Bertz CT molecular complexity index is 1710. The van der Waals surface area contributed by atoms with Crippen LogP contribution in [0.15, 0.2) is 44.6 Å². The number of pyridine rings is 1. The van der Waals surface area contributed by atoms with E-state index in [1.54, 1.807) is 4.57 Å². The molecule has 2 atom stereocenters. The maximum atomic E-state index is 13.3. The highest BCUT2D eigenvalue weighted by molar-refractivity contribution is 8.00. The number of nitrogens with one attached hydrogen (secondary N) is 1. The van der Waals surface area contributed by atoms with Gasteiger partial charge in [-0.05, 0) is 39.3 Å². The van der Waals surface area contributed by atoms with Crippen LogP contribution in [-0.2, 0) is 30.6 Å². The summed E-state index contributed by atoms with van der Waals surface area (Å²) >= 11 is 2.33. The lowest BCUT2D eigenvalue weighted by Crippen LogP contribution is -2.71. The normalized spacial score (nSPS) is 19.0. The summed E-state index contributed by atoms with van der Waals surface area (Å²) < 4.78 is 7.67. The number of hydrogen-bond acceptors (Lipinski definition) is 11. The fourth-order valence-electron chi connectivity index (χ4n) is 4.50. The minimum Gasteiger partial charge on any atom is -0.478 e. The molecule has 2 aliphatic rings. The number of aryl methyl sites for hydroxylation is 2. The lowest BCUT2D eigenvalue weighted by Gasteiger charge is -2.49. The number of nitrogens with zero attached hydrogens (tertiary/aromatic N) is 4. The maximum absolute atomic E-state index is 13.3. The lowest BCUT2D eigenvalue weighted by atomic mass is 10.0. The average Bonchev–Trinajstić information content (AvgIpc) is 3.54. The zero-order valence-corrected chi connectivity index (χ0v) is 24.5. The molecule has 2 aliphatic heterocycles. The smallest absolute Gasteiger partial charge is 0.381 e. The Kier molecular flexibility index (Phi) is 7.44. The summed E-state index contributed by atoms with van der Waals surface area (Å²) in [5, 5.41) is 27.5. The number of carbonyl (C=O) groups excluding carboxylic acids is 2. The predicted molar refractivity (Wildman–Crippen MR) is 151 cm³/mol. The summed E-state index contributed by atoms with van der Waals surface area (Å²) in [5.41, 5.74) is 5.56. The second-order valence-corrected chi connectivity index (χ2v) is 12.2. The van der Waals surface area contributed by atoms with Crippen LogP contribution in [0.5, 0.6) is 0 Å². The van der Waals surface area contributed by atoms with E-state index < -0.39 is 40.8 Å². The Morgan fingerprint density at radius 1 is 1.33 bits per heavy atom. The van der Waals surface area contributed by atoms with Crippen molar-refractivity contribution in [2.75, 3.05) is 11.5 Å². The van der Waals surface area contributed by atoms with Gasteiger partial charge in [0.05, 0.1) is 5.39 Å². The second kappa shape index (κ2) is 10.8. The number of β-lactam (4-membered cyclic amide) rings is 1. The largest absolute Gasteiger partial charge is 0.478 e. The number of thioether (sulfide) groups is 1. The van der Waals surface area contributed by atoms with Crippen molar-refractivity contribution in [2.24, 2.45) is 5.16 Å². The van der Waals surface area contributed by atoms with Crippen LogP contribution in [0.4, 0.5) is 5.13 Å². The summed E-state index contributed by atoms with van der Waals surface area (Å²) in [4.78, 5) is 60.7. The minimum atomic E-state index is -1.76. The Hall–Kier alpha value is -4.44. The summed E-state index contributed by atoms with van der Waals surface area (Å²) in [7, 11) is 0. The van der Waals surface area contributed by atoms with Crippen LogP contribution in [-0.4, -0.2) is 72.3 Å². The number of hydrogen-bond donors (Lipinski definition) is 4. The maximum Gasteiger partial charge on any atom is 0.381 e. The fourth-order valence-corrected chi connectivity index (χ4v) is 6.38. The van der Waals surface area contributed by atoms with Crippen molar-refractivity contribution in [2.45, 2.75) is 51.3 Å². The molecule has 0 saturated carbocycles. The van der Waals surface area contributed by atoms with E-state index in [9.17, 15) is 29.4 Å². The summed E-state index contributed by atoms with van der Waals surface area (Å²) in [6.45, 7) is 6.47. The van der Waals surface area contributed by atoms with Crippen molar-refractivity contribution in [3.63, 3.8) is 0 Å². The third-order valence-electron chi connectivity index (χ3n) is 6.78. The number of carboxylic acids is 2. The van der Waals surface area contributed by atoms with Gasteiger partial charge in [-0.25, -0.2) is 14.6 Å². The number of nitrogens with two attached hydrogens (primary N) is 1. The number of thiazole rings is 1. The van der Waals surface area contributed by atoms with E-state index in [2.05, 4.69) is 15.5 Å². The van der Waals surface area contributed by atoms with Gasteiger partial charge in [0.15, 0.2) is 23.6 Å². The zero-order chi connectivity index (χ0) is 30.5. The molecule has 0 aromatic carbocycles. The molecule has 5 rings (SSSR count). The molecule has 3 aromatic rings. The van der Waals surface area contributed by atoms with Crippen LogP contribution in [0.3, 0.4) is 0 Å². The zero-order valence-electron chi connectivity index (χ0n) is 22.9. The van der Waals surface area contributed by atoms with Crippen LogP contribution in [0.2, 0.25) is 0 Å². The highest BCUT2D eigenvalue weighted by atomic mass is 32.2. The highest BCUT2D eigenvalue weighted by Gasteiger charge is 2.55. The minimum absolute atomic E-state index is 0.0270. The molecule has 1 unspecified atom stereocenters. The number of carbonyl (C=O) groups is 4.